The number of rotatable bonds is 8. The number of thiophene rings is 1. The third kappa shape index (κ3) is 8.13. The van der Waals surface area contributed by atoms with Gasteiger partial charge in [-0.1, -0.05) is 0 Å². The molecule has 2 heterocycles. The number of unbranched alkanes of at least 4 members (excludes halogenated alkanes) is 1. The molecule has 138 valence electrons. The minimum absolute atomic E-state index is 0. The number of morpholine rings is 1. The molecule has 2 rings (SSSR count). The first-order chi connectivity index (χ1) is 11.3. The molecule has 0 aliphatic carbocycles. The van der Waals surface area contributed by atoms with E-state index in [2.05, 4.69) is 45.8 Å². The van der Waals surface area contributed by atoms with E-state index >= 15 is 0 Å². The molecule has 1 aromatic heterocycles. The van der Waals surface area contributed by atoms with Crippen molar-refractivity contribution in [1.29, 1.82) is 0 Å². The summed E-state index contributed by atoms with van der Waals surface area (Å²) >= 11 is 1.78. The molecule has 7 heteroatoms. The van der Waals surface area contributed by atoms with Gasteiger partial charge in [-0.05, 0) is 50.2 Å². The van der Waals surface area contributed by atoms with Crippen molar-refractivity contribution in [2.45, 2.75) is 33.2 Å². The predicted octanol–water partition coefficient (Wildman–Crippen LogP) is 2.84. The van der Waals surface area contributed by atoms with E-state index < -0.39 is 0 Å². The van der Waals surface area contributed by atoms with Crippen molar-refractivity contribution in [3.63, 3.8) is 0 Å². The van der Waals surface area contributed by atoms with E-state index in [1.54, 1.807) is 11.3 Å². The maximum atomic E-state index is 5.37. The lowest BCUT2D eigenvalue weighted by Gasteiger charge is -2.26. The molecule has 0 amide bonds. The van der Waals surface area contributed by atoms with Gasteiger partial charge in [-0.3, -0.25) is 4.90 Å². The van der Waals surface area contributed by atoms with Crippen molar-refractivity contribution < 1.29 is 4.74 Å². The van der Waals surface area contributed by atoms with E-state index in [-0.39, 0.29) is 24.0 Å². The second kappa shape index (κ2) is 12.9. The average molecular weight is 466 g/mol. The number of aryl methyl sites for hydroxylation is 1. The lowest BCUT2D eigenvalue weighted by atomic mass is 10.2. The minimum Gasteiger partial charge on any atom is -0.379 e. The summed E-state index contributed by atoms with van der Waals surface area (Å²) in [7, 11) is 0. The maximum Gasteiger partial charge on any atom is 0.191 e. The zero-order chi connectivity index (χ0) is 16.3. The number of guanidine groups is 1. The molecule has 24 heavy (non-hydrogen) atoms. The first-order valence-corrected chi connectivity index (χ1v) is 9.53. The third-order valence-electron chi connectivity index (χ3n) is 3.99. The Labute approximate surface area is 167 Å². The second-order valence-electron chi connectivity index (χ2n) is 5.81. The van der Waals surface area contributed by atoms with Gasteiger partial charge in [0.05, 0.1) is 19.8 Å². The first-order valence-electron chi connectivity index (χ1n) is 8.65. The van der Waals surface area contributed by atoms with Gasteiger partial charge in [0, 0.05) is 31.1 Å². The lowest BCUT2D eigenvalue weighted by Crippen LogP contribution is -2.39. The van der Waals surface area contributed by atoms with Crippen molar-refractivity contribution in [2.75, 3.05) is 45.9 Å². The third-order valence-corrected chi connectivity index (χ3v) is 5.00. The molecule has 0 atom stereocenters. The largest absolute Gasteiger partial charge is 0.379 e. The lowest BCUT2D eigenvalue weighted by molar-refractivity contribution is 0.0372. The van der Waals surface area contributed by atoms with Gasteiger partial charge in [0.1, 0.15) is 0 Å². The van der Waals surface area contributed by atoms with E-state index in [9.17, 15) is 0 Å². The van der Waals surface area contributed by atoms with E-state index in [0.717, 1.165) is 51.9 Å². The molecule has 1 saturated heterocycles. The summed E-state index contributed by atoms with van der Waals surface area (Å²) in [6.45, 7) is 12.0. The summed E-state index contributed by atoms with van der Waals surface area (Å²) < 4.78 is 5.37. The maximum absolute atomic E-state index is 5.37. The van der Waals surface area contributed by atoms with Crippen LogP contribution in [0.2, 0.25) is 0 Å². The summed E-state index contributed by atoms with van der Waals surface area (Å²) in [5.41, 5.74) is 1.33. The van der Waals surface area contributed by atoms with Gasteiger partial charge in [-0.2, -0.15) is 0 Å². The Morgan fingerprint density at radius 2 is 2.08 bits per heavy atom. The number of ether oxygens (including phenoxy) is 1. The van der Waals surface area contributed by atoms with Crippen LogP contribution in [0.15, 0.2) is 16.4 Å². The van der Waals surface area contributed by atoms with Crippen molar-refractivity contribution in [1.82, 2.24) is 15.5 Å². The highest BCUT2D eigenvalue weighted by molar-refractivity contribution is 14.0. The van der Waals surface area contributed by atoms with Crippen LogP contribution in [0.1, 0.15) is 30.2 Å². The summed E-state index contributed by atoms with van der Waals surface area (Å²) in [4.78, 5) is 8.51. The van der Waals surface area contributed by atoms with Crippen molar-refractivity contribution in [3.8, 4) is 0 Å². The highest BCUT2D eigenvalue weighted by Gasteiger charge is 2.09. The van der Waals surface area contributed by atoms with Crippen molar-refractivity contribution in [2.24, 2.45) is 4.99 Å². The van der Waals surface area contributed by atoms with Gasteiger partial charge < -0.3 is 15.4 Å². The molecule has 0 saturated carbocycles. The van der Waals surface area contributed by atoms with Gasteiger partial charge in [0.25, 0.3) is 0 Å². The van der Waals surface area contributed by atoms with Gasteiger partial charge in [-0.25, -0.2) is 4.99 Å². The Kier molecular flexibility index (Phi) is 11.7. The summed E-state index contributed by atoms with van der Waals surface area (Å²) in [5, 5.41) is 8.89. The molecule has 1 aliphatic rings. The Morgan fingerprint density at radius 1 is 1.29 bits per heavy atom. The zero-order valence-corrected chi connectivity index (χ0v) is 18.0. The van der Waals surface area contributed by atoms with E-state index in [1.165, 1.54) is 29.8 Å². The molecular weight excluding hydrogens is 435 g/mol. The van der Waals surface area contributed by atoms with Crippen LogP contribution in [0.4, 0.5) is 0 Å². The van der Waals surface area contributed by atoms with Crippen molar-refractivity contribution in [3.05, 3.63) is 21.9 Å². The molecule has 1 fully saturated rings. The summed E-state index contributed by atoms with van der Waals surface area (Å²) in [6, 6.07) is 2.15. The normalized spacial score (nSPS) is 15.8. The van der Waals surface area contributed by atoms with Crippen LogP contribution < -0.4 is 10.6 Å². The topological polar surface area (TPSA) is 48.9 Å². The van der Waals surface area contributed by atoms with Crippen LogP contribution in [-0.2, 0) is 11.3 Å². The fourth-order valence-corrected chi connectivity index (χ4v) is 3.38. The second-order valence-corrected chi connectivity index (χ2v) is 6.81. The van der Waals surface area contributed by atoms with E-state index in [0.29, 0.717) is 0 Å². The van der Waals surface area contributed by atoms with Crippen LogP contribution in [0.3, 0.4) is 0 Å². The van der Waals surface area contributed by atoms with Crippen LogP contribution in [0, 0.1) is 6.92 Å². The molecular formula is C17H31IN4OS. The molecule has 5 nitrogen and oxygen atoms in total. The summed E-state index contributed by atoms with van der Waals surface area (Å²) in [5.74, 6) is 0.923. The molecule has 1 aliphatic heterocycles. The smallest absolute Gasteiger partial charge is 0.191 e. The van der Waals surface area contributed by atoms with Gasteiger partial charge in [0.15, 0.2) is 5.96 Å². The number of nitrogens with one attached hydrogen (secondary N) is 2. The SMILES string of the molecule is CCNC(=NCc1sccc1C)NCCCCN1CCOCC1.I. The zero-order valence-electron chi connectivity index (χ0n) is 14.8. The Balaban J connectivity index is 0.00000288. The fourth-order valence-electron chi connectivity index (χ4n) is 2.55. The molecule has 0 unspecified atom stereocenters. The van der Waals surface area contributed by atoms with Gasteiger partial charge in [0.2, 0.25) is 0 Å². The highest BCUT2D eigenvalue weighted by Crippen LogP contribution is 2.16. The minimum atomic E-state index is 0. The van der Waals surface area contributed by atoms with E-state index in [1.807, 2.05) is 0 Å². The first kappa shape index (κ1) is 21.7. The number of aliphatic imine (C=N–C) groups is 1. The number of hydrogen-bond donors (Lipinski definition) is 2. The van der Waals surface area contributed by atoms with Crippen LogP contribution in [0.5, 0.6) is 0 Å². The Bertz CT molecular complexity index is 475. The Morgan fingerprint density at radius 3 is 2.75 bits per heavy atom. The van der Waals surface area contributed by atoms with Crippen LogP contribution in [-0.4, -0.2) is 56.8 Å². The quantitative estimate of drug-likeness (QED) is 0.268. The average Bonchev–Trinajstić information content (AvgIpc) is 2.98. The van der Waals surface area contributed by atoms with Crippen molar-refractivity contribution >= 4 is 41.3 Å². The van der Waals surface area contributed by atoms with Gasteiger partial charge >= 0.3 is 0 Å². The van der Waals surface area contributed by atoms with Crippen LogP contribution in [0.25, 0.3) is 0 Å². The number of halogens is 1. The molecule has 2 N–H and O–H groups in total. The monoisotopic (exact) mass is 466 g/mol. The fraction of sp³-hybridized carbons (Fsp3) is 0.706. The number of nitrogens with zero attached hydrogens (tertiary/aromatic N) is 2. The predicted molar refractivity (Wildman–Crippen MR) is 114 cm³/mol. The van der Waals surface area contributed by atoms with Gasteiger partial charge in [-0.15, -0.1) is 35.3 Å². The van der Waals surface area contributed by atoms with E-state index in [4.69, 9.17) is 4.74 Å². The summed E-state index contributed by atoms with van der Waals surface area (Å²) in [6.07, 6.45) is 2.39. The van der Waals surface area contributed by atoms with Crippen LogP contribution >= 0.6 is 35.3 Å². The standard InChI is InChI=1S/C17H30N4OS.HI/c1-3-18-17(20-14-16-15(2)6-13-23-16)19-7-4-5-8-21-9-11-22-12-10-21;/h6,13H,3-5,7-12,14H2,1-2H3,(H2,18,19,20);1H. The Hall–Kier alpha value is -0.380. The highest BCUT2D eigenvalue weighted by atomic mass is 127. The molecule has 0 spiro atoms. The number of hydrogen-bond acceptors (Lipinski definition) is 4. The molecule has 0 bridgehead atoms. The molecule has 0 aromatic carbocycles. The molecule has 1 aromatic rings. The molecule has 0 radical (unpaired) electrons.